The number of aliphatic hydroxyl groups excluding tert-OH is 1. The number of hydrogen-bond acceptors (Lipinski definition) is 3. The van der Waals surface area contributed by atoms with Gasteiger partial charge in [-0.25, -0.2) is 4.39 Å². The number of benzene rings is 1. The fourth-order valence-electron chi connectivity index (χ4n) is 2.20. The summed E-state index contributed by atoms with van der Waals surface area (Å²) in [6.45, 7) is 2.52. The second kappa shape index (κ2) is 6.52. The average molecular weight is 302 g/mol. The second-order valence-corrected chi connectivity index (χ2v) is 5.35. The first-order valence-corrected chi connectivity index (χ1v) is 6.85. The van der Waals surface area contributed by atoms with Crippen LogP contribution in [0, 0.1) is 5.82 Å². The van der Waals surface area contributed by atoms with Crippen LogP contribution in [0.4, 0.5) is 4.39 Å². The maximum atomic E-state index is 13.0. The van der Waals surface area contributed by atoms with Crippen LogP contribution in [0.15, 0.2) is 18.2 Å². The van der Waals surface area contributed by atoms with Crippen LogP contribution in [-0.2, 0) is 16.0 Å². The summed E-state index contributed by atoms with van der Waals surface area (Å²) in [6.07, 6.45) is -0.236. The largest absolute Gasteiger partial charge is 0.394 e. The molecule has 6 heteroatoms. The van der Waals surface area contributed by atoms with Gasteiger partial charge in [0.05, 0.1) is 31.8 Å². The number of nitrogens with zero attached hydrogens (tertiary/aromatic N) is 1. The quantitative estimate of drug-likeness (QED) is 0.923. The topological polar surface area (TPSA) is 49.8 Å². The van der Waals surface area contributed by atoms with Crippen molar-refractivity contribution in [3.63, 3.8) is 0 Å². The normalized spacial score (nSPS) is 22.9. The first-order chi connectivity index (χ1) is 9.51. The molecule has 1 aromatic rings. The third kappa shape index (κ3) is 3.48. The second-order valence-electron chi connectivity index (χ2n) is 4.95. The molecular formula is C14H17ClFNO3. The van der Waals surface area contributed by atoms with Crippen molar-refractivity contribution in [2.45, 2.75) is 25.5 Å². The maximum absolute atomic E-state index is 13.0. The van der Waals surface area contributed by atoms with Gasteiger partial charge in [0, 0.05) is 11.6 Å². The Bertz CT molecular complexity index is 497. The zero-order valence-corrected chi connectivity index (χ0v) is 11.9. The first-order valence-electron chi connectivity index (χ1n) is 6.47. The fourth-order valence-corrected chi connectivity index (χ4v) is 2.44. The van der Waals surface area contributed by atoms with E-state index in [0.717, 1.165) is 0 Å². The lowest BCUT2D eigenvalue weighted by atomic mass is 10.1. The molecule has 0 bridgehead atoms. The lowest BCUT2D eigenvalue weighted by Crippen LogP contribution is -2.52. The van der Waals surface area contributed by atoms with E-state index in [1.807, 2.05) is 6.92 Å². The van der Waals surface area contributed by atoms with E-state index in [9.17, 15) is 9.18 Å². The molecule has 0 radical (unpaired) electrons. The van der Waals surface area contributed by atoms with Crippen molar-refractivity contribution in [3.8, 4) is 0 Å². The van der Waals surface area contributed by atoms with E-state index in [-0.39, 0.29) is 36.1 Å². The van der Waals surface area contributed by atoms with E-state index in [1.165, 1.54) is 18.2 Å². The van der Waals surface area contributed by atoms with E-state index >= 15 is 0 Å². The fraction of sp³-hybridized carbons (Fsp3) is 0.500. The van der Waals surface area contributed by atoms with Crippen LogP contribution in [0.25, 0.3) is 0 Å². The Morgan fingerprint density at radius 2 is 2.35 bits per heavy atom. The summed E-state index contributed by atoms with van der Waals surface area (Å²) in [6, 6.07) is 3.95. The van der Waals surface area contributed by atoms with Gasteiger partial charge in [-0.15, -0.1) is 0 Å². The van der Waals surface area contributed by atoms with E-state index in [4.69, 9.17) is 21.4 Å². The molecule has 4 nitrogen and oxygen atoms in total. The molecule has 1 heterocycles. The highest BCUT2D eigenvalue weighted by Gasteiger charge is 2.29. The number of aliphatic hydroxyl groups is 1. The summed E-state index contributed by atoms with van der Waals surface area (Å²) in [7, 11) is 0. The van der Waals surface area contributed by atoms with Crippen molar-refractivity contribution < 1.29 is 19.0 Å². The molecule has 1 fully saturated rings. The highest BCUT2D eigenvalue weighted by atomic mass is 35.5. The number of amides is 1. The molecule has 0 aromatic heterocycles. The highest BCUT2D eigenvalue weighted by Crippen LogP contribution is 2.20. The van der Waals surface area contributed by atoms with Crippen molar-refractivity contribution in [2.24, 2.45) is 0 Å². The summed E-state index contributed by atoms with van der Waals surface area (Å²) in [4.78, 5) is 14.0. The van der Waals surface area contributed by atoms with Crippen LogP contribution in [0.5, 0.6) is 0 Å². The lowest BCUT2D eigenvalue weighted by molar-refractivity contribution is -0.145. The standard InChI is InChI=1S/C14H17ClFNO3/c1-9-8-20-12(7-18)6-17(9)14(19)4-10-2-3-11(16)5-13(10)15/h2-3,5,9,12,18H,4,6-8H2,1H3/t9-,12-/m1/s1. The minimum Gasteiger partial charge on any atom is -0.394 e. The Kier molecular flexibility index (Phi) is 4.96. The van der Waals surface area contributed by atoms with Gasteiger partial charge in [0.2, 0.25) is 5.91 Å². The van der Waals surface area contributed by atoms with Crippen molar-refractivity contribution >= 4 is 17.5 Å². The number of carbonyl (C=O) groups is 1. The summed E-state index contributed by atoms with van der Waals surface area (Å²) >= 11 is 5.93. The summed E-state index contributed by atoms with van der Waals surface area (Å²) in [5, 5.41) is 9.36. The Morgan fingerprint density at radius 1 is 1.60 bits per heavy atom. The molecule has 2 atom stereocenters. The minimum absolute atomic E-state index is 0.0514. The molecule has 1 aromatic carbocycles. The monoisotopic (exact) mass is 301 g/mol. The molecule has 1 aliphatic heterocycles. The predicted molar refractivity (Wildman–Crippen MR) is 73.1 cm³/mol. The van der Waals surface area contributed by atoms with Crippen molar-refractivity contribution in [2.75, 3.05) is 19.8 Å². The first kappa shape index (κ1) is 15.2. The third-order valence-corrected chi connectivity index (χ3v) is 3.74. The van der Waals surface area contributed by atoms with E-state index < -0.39 is 5.82 Å². The van der Waals surface area contributed by atoms with Gasteiger partial charge in [0.25, 0.3) is 0 Å². The molecule has 2 rings (SSSR count). The molecule has 1 amide bonds. The van der Waals surface area contributed by atoms with Crippen molar-refractivity contribution in [3.05, 3.63) is 34.6 Å². The summed E-state index contributed by atoms with van der Waals surface area (Å²) in [5.41, 5.74) is 0.595. The Labute approximate surface area is 122 Å². The number of ether oxygens (including phenoxy) is 1. The van der Waals surface area contributed by atoms with Crippen LogP contribution in [0.2, 0.25) is 5.02 Å². The van der Waals surface area contributed by atoms with E-state index in [1.54, 1.807) is 4.90 Å². The lowest BCUT2D eigenvalue weighted by Gasteiger charge is -2.37. The molecular weight excluding hydrogens is 285 g/mol. The van der Waals surface area contributed by atoms with Crippen LogP contribution in [0.1, 0.15) is 12.5 Å². The number of hydrogen-bond donors (Lipinski definition) is 1. The van der Waals surface area contributed by atoms with Crippen LogP contribution >= 0.6 is 11.6 Å². The zero-order chi connectivity index (χ0) is 14.7. The molecule has 1 N–H and O–H groups in total. The smallest absolute Gasteiger partial charge is 0.227 e. The molecule has 1 aliphatic rings. The maximum Gasteiger partial charge on any atom is 0.227 e. The van der Waals surface area contributed by atoms with Crippen LogP contribution in [0.3, 0.4) is 0 Å². The van der Waals surface area contributed by atoms with Crippen LogP contribution in [-0.4, -0.2) is 47.8 Å². The van der Waals surface area contributed by atoms with Gasteiger partial charge >= 0.3 is 0 Å². The number of rotatable bonds is 3. The highest BCUT2D eigenvalue weighted by molar-refractivity contribution is 6.31. The minimum atomic E-state index is -0.425. The average Bonchev–Trinajstić information content (AvgIpc) is 2.42. The van der Waals surface area contributed by atoms with Crippen molar-refractivity contribution in [1.29, 1.82) is 0 Å². The molecule has 0 saturated carbocycles. The van der Waals surface area contributed by atoms with Gasteiger partial charge in [-0.05, 0) is 24.6 Å². The zero-order valence-electron chi connectivity index (χ0n) is 11.2. The summed E-state index contributed by atoms with van der Waals surface area (Å²) < 4.78 is 18.4. The van der Waals surface area contributed by atoms with E-state index in [0.29, 0.717) is 18.7 Å². The molecule has 1 saturated heterocycles. The number of halogens is 2. The Balaban J connectivity index is 2.06. The van der Waals surface area contributed by atoms with E-state index in [2.05, 4.69) is 0 Å². The van der Waals surface area contributed by atoms with Gasteiger partial charge in [0.15, 0.2) is 0 Å². The molecule has 20 heavy (non-hydrogen) atoms. The van der Waals surface area contributed by atoms with Gasteiger partial charge < -0.3 is 14.7 Å². The van der Waals surface area contributed by atoms with Crippen molar-refractivity contribution in [1.82, 2.24) is 4.90 Å². The number of morpholine rings is 1. The molecule has 0 spiro atoms. The Morgan fingerprint density at radius 3 is 3.00 bits per heavy atom. The van der Waals surface area contributed by atoms with Gasteiger partial charge in [0.1, 0.15) is 5.82 Å². The molecule has 110 valence electrons. The van der Waals surface area contributed by atoms with Gasteiger partial charge in [-0.2, -0.15) is 0 Å². The predicted octanol–water partition coefficient (Wildman–Crippen LogP) is 1.63. The SMILES string of the molecule is C[C@@H]1CO[C@@H](CO)CN1C(=O)Cc1ccc(F)cc1Cl. The number of carbonyl (C=O) groups excluding carboxylic acids is 1. The summed E-state index contributed by atoms with van der Waals surface area (Å²) in [5.74, 6) is -0.529. The van der Waals surface area contributed by atoms with Gasteiger partial charge in [-0.3, -0.25) is 4.79 Å². The Hall–Kier alpha value is -1.17. The molecule has 0 aliphatic carbocycles. The van der Waals surface area contributed by atoms with Crippen LogP contribution < -0.4 is 0 Å². The van der Waals surface area contributed by atoms with Gasteiger partial charge in [-0.1, -0.05) is 17.7 Å². The third-order valence-electron chi connectivity index (χ3n) is 3.39. The molecule has 0 unspecified atom stereocenters.